The Morgan fingerprint density at radius 1 is 1.19 bits per heavy atom. The molecule has 1 aliphatic rings. The summed E-state index contributed by atoms with van der Waals surface area (Å²) in [5.74, 6) is -0.251. The molecule has 0 atom stereocenters. The van der Waals surface area contributed by atoms with Crippen LogP contribution in [0.15, 0.2) is 54.4 Å². The first kappa shape index (κ1) is 13.7. The smallest absolute Gasteiger partial charge is 0.281 e. The van der Waals surface area contributed by atoms with E-state index in [1.165, 1.54) is 4.90 Å². The molecule has 0 aliphatic carbocycles. The third kappa shape index (κ3) is 2.66. The zero-order chi connectivity index (χ0) is 14.8. The van der Waals surface area contributed by atoms with Crippen LogP contribution in [0.4, 0.5) is 5.69 Å². The highest BCUT2D eigenvalue weighted by molar-refractivity contribution is 7.80. The molecule has 1 aliphatic heterocycles. The molecule has 0 unspecified atom stereocenters. The van der Waals surface area contributed by atoms with Crippen molar-refractivity contribution in [2.45, 2.75) is 0 Å². The number of anilines is 1. The van der Waals surface area contributed by atoms with Crippen LogP contribution in [-0.2, 0) is 4.79 Å². The number of halogens is 1. The van der Waals surface area contributed by atoms with Gasteiger partial charge in [-0.1, -0.05) is 29.8 Å². The molecule has 104 valence electrons. The standard InChI is InChI=1S/C15H10ClN3OS/c16-11-6-1-2-7-13(11)19-14(20)12(18-15(19)21)9-10-5-3-4-8-17-10/h1-9H,(H,18,21)/b12-9-. The van der Waals surface area contributed by atoms with Gasteiger partial charge in [-0.25, -0.2) is 0 Å². The average Bonchev–Trinajstić information content (AvgIpc) is 2.76. The molecule has 1 N–H and O–H groups in total. The molecule has 1 aromatic heterocycles. The van der Waals surface area contributed by atoms with E-state index < -0.39 is 0 Å². The number of rotatable bonds is 2. The molecule has 4 nitrogen and oxygen atoms in total. The predicted molar refractivity (Wildman–Crippen MR) is 86.9 cm³/mol. The number of aromatic nitrogens is 1. The summed E-state index contributed by atoms with van der Waals surface area (Å²) in [5.41, 5.74) is 1.61. The van der Waals surface area contributed by atoms with Crippen LogP contribution in [0.5, 0.6) is 0 Å². The summed E-state index contributed by atoms with van der Waals surface area (Å²) in [7, 11) is 0. The SMILES string of the molecule is O=C1/C(=C/c2ccccn2)NC(=S)N1c1ccccc1Cl. The number of pyridine rings is 1. The van der Waals surface area contributed by atoms with Gasteiger partial charge in [0.25, 0.3) is 5.91 Å². The molecule has 1 saturated heterocycles. The molecule has 2 heterocycles. The first-order chi connectivity index (χ1) is 10.2. The first-order valence-electron chi connectivity index (χ1n) is 6.19. The van der Waals surface area contributed by atoms with Gasteiger partial charge < -0.3 is 5.32 Å². The minimum Gasteiger partial charge on any atom is -0.327 e. The maximum absolute atomic E-state index is 12.5. The fraction of sp³-hybridized carbons (Fsp3) is 0. The van der Waals surface area contributed by atoms with Gasteiger partial charge >= 0.3 is 0 Å². The second-order valence-corrected chi connectivity index (χ2v) is 5.13. The van der Waals surface area contributed by atoms with Gasteiger partial charge in [0.1, 0.15) is 5.70 Å². The Balaban J connectivity index is 1.97. The Kier molecular flexibility index (Phi) is 3.68. The molecular formula is C15H10ClN3OS. The van der Waals surface area contributed by atoms with Crippen molar-refractivity contribution < 1.29 is 4.79 Å². The zero-order valence-electron chi connectivity index (χ0n) is 10.8. The minimum atomic E-state index is -0.251. The van der Waals surface area contributed by atoms with E-state index in [9.17, 15) is 4.79 Å². The lowest BCUT2D eigenvalue weighted by molar-refractivity contribution is -0.113. The van der Waals surface area contributed by atoms with Gasteiger partial charge in [0.2, 0.25) is 0 Å². The molecule has 1 amide bonds. The van der Waals surface area contributed by atoms with Crippen LogP contribution in [0.25, 0.3) is 6.08 Å². The van der Waals surface area contributed by atoms with Crippen LogP contribution in [0.1, 0.15) is 5.69 Å². The van der Waals surface area contributed by atoms with Crippen molar-refractivity contribution in [2.75, 3.05) is 4.90 Å². The highest BCUT2D eigenvalue weighted by Crippen LogP contribution is 2.29. The summed E-state index contributed by atoms with van der Waals surface area (Å²) in [6.45, 7) is 0. The fourth-order valence-corrected chi connectivity index (χ4v) is 2.51. The molecule has 21 heavy (non-hydrogen) atoms. The Bertz CT molecular complexity index is 746. The van der Waals surface area contributed by atoms with E-state index in [2.05, 4.69) is 10.3 Å². The summed E-state index contributed by atoms with van der Waals surface area (Å²) in [5, 5.41) is 3.67. The Hall–Kier alpha value is -2.24. The van der Waals surface area contributed by atoms with Crippen LogP contribution in [0.2, 0.25) is 5.02 Å². The number of carbonyl (C=O) groups excluding carboxylic acids is 1. The Morgan fingerprint density at radius 2 is 1.95 bits per heavy atom. The predicted octanol–water partition coefficient (Wildman–Crippen LogP) is 3.00. The zero-order valence-corrected chi connectivity index (χ0v) is 12.4. The van der Waals surface area contributed by atoms with Gasteiger partial charge in [-0.15, -0.1) is 0 Å². The van der Waals surface area contributed by atoms with Gasteiger partial charge in [0, 0.05) is 6.20 Å². The Labute approximate surface area is 132 Å². The van der Waals surface area contributed by atoms with E-state index in [1.54, 1.807) is 36.5 Å². The maximum atomic E-state index is 12.5. The van der Waals surface area contributed by atoms with Crippen molar-refractivity contribution in [3.63, 3.8) is 0 Å². The minimum absolute atomic E-state index is 0.251. The number of nitrogens with zero attached hydrogens (tertiary/aromatic N) is 2. The van der Waals surface area contributed by atoms with E-state index >= 15 is 0 Å². The summed E-state index contributed by atoms with van der Waals surface area (Å²) in [4.78, 5) is 18.0. The van der Waals surface area contributed by atoms with E-state index in [1.807, 2.05) is 18.2 Å². The third-order valence-electron chi connectivity index (χ3n) is 2.95. The summed E-state index contributed by atoms with van der Waals surface area (Å²) in [6.07, 6.45) is 3.32. The van der Waals surface area contributed by atoms with E-state index in [-0.39, 0.29) is 5.91 Å². The third-order valence-corrected chi connectivity index (χ3v) is 3.56. The van der Waals surface area contributed by atoms with E-state index in [0.29, 0.717) is 27.2 Å². The van der Waals surface area contributed by atoms with Crippen LogP contribution >= 0.6 is 23.8 Å². The van der Waals surface area contributed by atoms with Gasteiger partial charge in [0.05, 0.1) is 16.4 Å². The lowest BCUT2D eigenvalue weighted by Gasteiger charge is -2.15. The van der Waals surface area contributed by atoms with Gasteiger partial charge in [-0.05, 0) is 42.6 Å². The molecule has 0 radical (unpaired) electrons. The molecule has 1 aromatic carbocycles. The van der Waals surface area contributed by atoms with Gasteiger partial charge in [-0.2, -0.15) is 0 Å². The van der Waals surface area contributed by atoms with Crippen molar-refractivity contribution in [3.05, 3.63) is 65.1 Å². The van der Waals surface area contributed by atoms with Crippen molar-refractivity contribution >= 4 is 46.6 Å². The Morgan fingerprint density at radius 3 is 2.67 bits per heavy atom. The number of hydrogen-bond acceptors (Lipinski definition) is 3. The van der Waals surface area contributed by atoms with Crippen molar-refractivity contribution in [1.82, 2.24) is 10.3 Å². The average molecular weight is 316 g/mol. The number of thiocarbonyl (C=S) groups is 1. The normalized spacial score (nSPS) is 16.4. The van der Waals surface area contributed by atoms with Crippen LogP contribution in [0.3, 0.4) is 0 Å². The molecule has 2 aromatic rings. The number of amides is 1. The molecule has 0 spiro atoms. The second-order valence-electron chi connectivity index (χ2n) is 4.33. The lowest BCUT2D eigenvalue weighted by Crippen LogP contribution is -2.30. The van der Waals surface area contributed by atoms with Gasteiger partial charge in [-0.3, -0.25) is 14.7 Å². The number of hydrogen-bond donors (Lipinski definition) is 1. The molecule has 1 fully saturated rings. The van der Waals surface area contributed by atoms with Crippen LogP contribution < -0.4 is 10.2 Å². The highest BCUT2D eigenvalue weighted by Gasteiger charge is 2.33. The van der Waals surface area contributed by atoms with Crippen LogP contribution in [0, 0.1) is 0 Å². The molecular weight excluding hydrogens is 306 g/mol. The van der Waals surface area contributed by atoms with Crippen molar-refractivity contribution in [1.29, 1.82) is 0 Å². The highest BCUT2D eigenvalue weighted by atomic mass is 35.5. The lowest BCUT2D eigenvalue weighted by atomic mass is 10.2. The van der Waals surface area contributed by atoms with Crippen LogP contribution in [-0.4, -0.2) is 16.0 Å². The maximum Gasteiger partial charge on any atom is 0.281 e. The number of benzene rings is 1. The van der Waals surface area contributed by atoms with Crippen molar-refractivity contribution in [3.8, 4) is 0 Å². The number of carbonyl (C=O) groups is 1. The number of nitrogens with one attached hydrogen (secondary N) is 1. The molecule has 3 rings (SSSR count). The molecule has 0 bridgehead atoms. The van der Waals surface area contributed by atoms with E-state index in [0.717, 1.165) is 0 Å². The fourth-order valence-electron chi connectivity index (χ4n) is 2.00. The quantitative estimate of drug-likeness (QED) is 0.683. The second kappa shape index (κ2) is 5.63. The van der Waals surface area contributed by atoms with Gasteiger partial charge in [0.15, 0.2) is 5.11 Å². The molecule has 6 heteroatoms. The van der Waals surface area contributed by atoms with E-state index in [4.69, 9.17) is 23.8 Å². The summed E-state index contributed by atoms with van der Waals surface area (Å²) >= 11 is 11.4. The topological polar surface area (TPSA) is 45.2 Å². The first-order valence-corrected chi connectivity index (χ1v) is 6.98. The monoisotopic (exact) mass is 315 g/mol. The molecule has 0 saturated carbocycles. The van der Waals surface area contributed by atoms with Crippen molar-refractivity contribution in [2.24, 2.45) is 0 Å². The summed E-state index contributed by atoms with van der Waals surface area (Å²) in [6, 6.07) is 12.5. The number of para-hydroxylation sites is 1. The summed E-state index contributed by atoms with van der Waals surface area (Å²) < 4.78 is 0. The largest absolute Gasteiger partial charge is 0.327 e.